The molecule has 30 heavy (non-hydrogen) atoms. The van der Waals surface area contributed by atoms with Crippen molar-refractivity contribution in [1.82, 2.24) is 0 Å². The quantitative estimate of drug-likeness (QED) is 0.318. The first-order valence-electron chi connectivity index (χ1n) is 9.88. The van der Waals surface area contributed by atoms with Crippen LogP contribution in [0.3, 0.4) is 0 Å². The van der Waals surface area contributed by atoms with Crippen LogP contribution in [0.15, 0.2) is 57.7 Å². The fourth-order valence-corrected chi connectivity index (χ4v) is 3.75. The number of hydrogen-bond donors (Lipinski definition) is 0. The molecule has 0 saturated heterocycles. The maximum Gasteiger partial charge on any atom is 0.344 e. The lowest BCUT2D eigenvalue weighted by atomic mass is 10.00. The first kappa shape index (κ1) is 19.8. The van der Waals surface area contributed by atoms with Crippen LogP contribution in [0.4, 0.5) is 0 Å². The normalized spacial score (nSPS) is 11.1. The molecule has 0 spiro atoms. The van der Waals surface area contributed by atoms with Gasteiger partial charge in [0, 0.05) is 22.4 Å². The average Bonchev–Trinajstić information content (AvgIpc) is 2.77. The Morgan fingerprint density at radius 3 is 2.30 bits per heavy atom. The highest BCUT2D eigenvalue weighted by molar-refractivity contribution is 6.07. The Balaban J connectivity index is 1.81. The van der Waals surface area contributed by atoms with Gasteiger partial charge >= 0.3 is 5.63 Å². The largest absolute Gasteiger partial charge is 0.497 e. The lowest BCUT2D eigenvalue weighted by Gasteiger charge is -2.16. The third-order valence-electron chi connectivity index (χ3n) is 5.39. The maximum absolute atomic E-state index is 12.6. The number of fused-ring (bicyclic) bond motifs is 3. The predicted octanol–water partition coefficient (Wildman–Crippen LogP) is 5.41. The van der Waals surface area contributed by atoms with E-state index in [1.165, 1.54) is 0 Å². The van der Waals surface area contributed by atoms with Crippen molar-refractivity contribution in [2.24, 2.45) is 0 Å². The molecule has 0 unspecified atom stereocenters. The minimum absolute atomic E-state index is 0.349. The predicted molar refractivity (Wildman–Crippen MR) is 118 cm³/mol. The van der Waals surface area contributed by atoms with Gasteiger partial charge < -0.3 is 18.6 Å². The van der Waals surface area contributed by atoms with E-state index in [0.717, 1.165) is 39.6 Å². The van der Waals surface area contributed by atoms with E-state index >= 15 is 0 Å². The lowest BCUT2D eigenvalue weighted by molar-refractivity contribution is 0.283. The molecular weight excluding hydrogens is 380 g/mol. The molecule has 1 heterocycles. The monoisotopic (exact) mass is 404 g/mol. The summed E-state index contributed by atoms with van der Waals surface area (Å²) in [6.45, 7) is 4.36. The SMILES string of the molecule is CCc1ccc2c(c1)c(=O)oc1cc(OCc3ccc(OC)cc3)c(OC)c(C)c12. The smallest absolute Gasteiger partial charge is 0.344 e. The third-order valence-corrected chi connectivity index (χ3v) is 5.39. The van der Waals surface area contributed by atoms with Gasteiger partial charge in [-0.05, 0) is 42.7 Å². The average molecular weight is 404 g/mol. The number of ether oxygens (including phenoxy) is 3. The molecule has 0 N–H and O–H groups in total. The Morgan fingerprint density at radius 1 is 0.900 bits per heavy atom. The van der Waals surface area contributed by atoms with Crippen molar-refractivity contribution < 1.29 is 18.6 Å². The summed E-state index contributed by atoms with van der Waals surface area (Å²) < 4.78 is 22.6. The van der Waals surface area contributed by atoms with Gasteiger partial charge in [-0.3, -0.25) is 0 Å². The van der Waals surface area contributed by atoms with E-state index < -0.39 is 0 Å². The molecule has 5 heteroatoms. The zero-order chi connectivity index (χ0) is 21.3. The van der Waals surface area contributed by atoms with E-state index in [-0.39, 0.29) is 5.63 Å². The van der Waals surface area contributed by atoms with Gasteiger partial charge in [-0.15, -0.1) is 0 Å². The molecule has 0 amide bonds. The number of methoxy groups -OCH3 is 2. The zero-order valence-corrected chi connectivity index (χ0v) is 17.6. The topological polar surface area (TPSA) is 57.9 Å². The maximum atomic E-state index is 12.6. The minimum Gasteiger partial charge on any atom is -0.497 e. The Bertz CT molecular complexity index is 1270. The van der Waals surface area contributed by atoms with Gasteiger partial charge in [0.25, 0.3) is 0 Å². The van der Waals surface area contributed by atoms with E-state index in [1.807, 2.05) is 49.4 Å². The fraction of sp³-hybridized carbons (Fsp3) is 0.240. The van der Waals surface area contributed by atoms with Gasteiger partial charge in [0.15, 0.2) is 11.5 Å². The van der Waals surface area contributed by atoms with Crippen LogP contribution in [0.1, 0.15) is 23.6 Å². The summed E-state index contributed by atoms with van der Waals surface area (Å²) in [5.41, 5.74) is 3.09. The van der Waals surface area contributed by atoms with Gasteiger partial charge in [-0.2, -0.15) is 0 Å². The highest BCUT2D eigenvalue weighted by Crippen LogP contribution is 2.39. The Labute approximate surface area is 174 Å². The van der Waals surface area contributed by atoms with Crippen molar-refractivity contribution in [1.29, 1.82) is 0 Å². The number of benzene rings is 3. The van der Waals surface area contributed by atoms with Crippen LogP contribution >= 0.6 is 0 Å². The molecule has 0 aliphatic carbocycles. The van der Waals surface area contributed by atoms with E-state index in [1.54, 1.807) is 20.3 Å². The van der Waals surface area contributed by atoms with Crippen LogP contribution in [0.25, 0.3) is 21.7 Å². The molecule has 0 fully saturated rings. The molecule has 3 aromatic carbocycles. The van der Waals surface area contributed by atoms with E-state index in [2.05, 4.69) is 6.92 Å². The molecule has 154 valence electrons. The van der Waals surface area contributed by atoms with Gasteiger partial charge in [-0.1, -0.05) is 31.2 Å². The van der Waals surface area contributed by atoms with Crippen LogP contribution in [0.2, 0.25) is 0 Å². The molecule has 0 atom stereocenters. The Morgan fingerprint density at radius 2 is 1.63 bits per heavy atom. The highest BCUT2D eigenvalue weighted by atomic mass is 16.5. The zero-order valence-electron chi connectivity index (χ0n) is 17.6. The molecule has 0 saturated carbocycles. The summed E-state index contributed by atoms with van der Waals surface area (Å²) in [5.74, 6) is 1.95. The lowest BCUT2D eigenvalue weighted by Crippen LogP contribution is -2.04. The molecule has 4 rings (SSSR count). The van der Waals surface area contributed by atoms with Crippen molar-refractivity contribution in [3.63, 3.8) is 0 Å². The minimum atomic E-state index is -0.349. The van der Waals surface area contributed by atoms with Crippen molar-refractivity contribution in [2.75, 3.05) is 14.2 Å². The standard InChI is InChI=1S/C25H24O5/c1-5-16-8-11-19-20(12-16)25(26)30-21-13-22(24(28-4)15(2)23(19)21)29-14-17-6-9-18(27-3)10-7-17/h6-13H,5,14H2,1-4H3. The van der Waals surface area contributed by atoms with E-state index in [9.17, 15) is 4.79 Å². The molecule has 5 nitrogen and oxygen atoms in total. The molecule has 0 radical (unpaired) electrons. The summed E-state index contributed by atoms with van der Waals surface area (Å²) in [4.78, 5) is 12.6. The Kier molecular flexibility index (Phi) is 5.36. The number of aryl methyl sites for hydroxylation is 2. The van der Waals surface area contributed by atoms with Gasteiger partial charge in [0.1, 0.15) is 17.9 Å². The molecule has 0 aliphatic heterocycles. The third kappa shape index (κ3) is 3.47. The molecule has 4 aromatic rings. The molecule has 0 bridgehead atoms. The van der Waals surface area contributed by atoms with Crippen LogP contribution in [0.5, 0.6) is 17.2 Å². The Hall–Kier alpha value is -3.47. The fourth-order valence-electron chi connectivity index (χ4n) is 3.75. The summed E-state index contributed by atoms with van der Waals surface area (Å²) in [5, 5.41) is 2.30. The number of hydrogen-bond acceptors (Lipinski definition) is 5. The first-order valence-corrected chi connectivity index (χ1v) is 9.88. The molecule has 0 aliphatic rings. The first-order chi connectivity index (χ1) is 14.5. The molecular formula is C25H24O5. The second-order valence-electron chi connectivity index (χ2n) is 7.17. The summed E-state index contributed by atoms with van der Waals surface area (Å²) in [7, 11) is 3.25. The summed E-state index contributed by atoms with van der Waals surface area (Å²) >= 11 is 0. The van der Waals surface area contributed by atoms with Gasteiger partial charge in [-0.25, -0.2) is 4.79 Å². The molecule has 1 aromatic heterocycles. The van der Waals surface area contributed by atoms with Crippen molar-refractivity contribution >= 4 is 21.7 Å². The summed E-state index contributed by atoms with van der Waals surface area (Å²) in [6.07, 6.45) is 0.855. The summed E-state index contributed by atoms with van der Waals surface area (Å²) in [6, 6.07) is 15.3. The second kappa shape index (κ2) is 8.11. The van der Waals surface area contributed by atoms with Crippen molar-refractivity contribution in [2.45, 2.75) is 26.9 Å². The van der Waals surface area contributed by atoms with Crippen LogP contribution < -0.4 is 19.8 Å². The van der Waals surface area contributed by atoms with Gasteiger partial charge in [0.2, 0.25) is 0 Å². The van der Waals surface area contributed by atoms with Crippen molar-refractivity contribution in [3.8, 4) is 17.2 Å². The van der Waals surface area contributed by atoms with Crippen LogP contribution in [0, 0.1) is 6.92 Å². The number of rotatable bonds is 6. The van der Waals surface area contributed by atoms with E-state index in [0.29, 0.717) is 29.1 Å². The second-order valence-corrected chi connectivity index (χ2v) is 7.17. The van der Waals surface area contributed by atoms with Crippen LogP contribution in [-0.4, -0.2) is 14.2 Å². The highest BCUT2D eigenvalue weighted by Gasteiger charge is 2.18. The van der Waals surface area contributed by atoms with E-state index in [4.69, 9.17) is 18.6 Å². The van der Waals surface area contributed by atoms with Crippen molar-refractivity contribution in [3.05, 3.63) is 75.6 Å². The van der Waals surface area contributed by atoms with Crippen LogP contribution in [-0.2, 0) is 13.0 Å². The van der Waals surface area contributed by atoms with Gasteiger partial charge in [0.05, 0.1) is 19.6 Å².